The maximum Gasteiger partial charge on any atom is 0.240 e. The van der Waals surface area contributed by atoms with Gasteiger partial charge in [0, 0.05) is 12.3 Å². The molecule has 0 heterocycles. The molecule has 3 nitrogen and oxygen atoms in total. The molecule has 0 saturated heterocycles. The van der Waals surface area contributed by atoms with Crippen molar-refractivity contribution >= 4 is 21.8 Å². The van der Waals surface area contributed by atoms with Crippen molar-refractivity contribution in [2.24, 2.45) is 5.92 Å². The molecule has 0 unspecified atom stereocenters. The molecule has 96 valence electrons. The Hall–Kier alpha value is -0.520. The molecule has 0 radical (unpaired) electrons. The SMILES string of the molecule is CSCc1cccc(S(=O)(=O)NCC(C)C)c1. The van der Waals surface area contributed by atoms with Crippen molar-refractivity contribution in [2.75, 3.05) is 12.8 Å². The van der Waals surface area contributed by atoms with Crippen LogP contribution in [0.15, 0.2) is 29.2 Å². The van der Waals surface area contributed by atoms with Gasteiger partial charge in [-0.3, -0.25) is 0 Å². The second kappa shape index (κ2) is 6.42. The summed E-state index contributed by atoms with van der Waals surface area (Å²) in [4.78, 5) is 0.352. The second-order valence-corrected chi connectivity index (χ2v) is 6.96. The Labute approximate surface area is 108 Å². The van der Waals surface area contributed by atoms with E-state index < -0.39 is 10.0 Å². The Kier molecular flexibility index (Phi) is 5.49. The molecule has 0 bridgehead atoms. The lowest BCUT2D eigenvalue weighted by molar-refractivity contribution is 0.560. The Balaban J connectivity index is 2.87. The number of hydrogen-bond acceptors (Lipinski definition) is 3. The van der Waals surface area contributed by atoms with Crippen molar-refractivity contribution in [3.05, 3.63) is 29.8 Å². The fraction of sp³-hybridized carbons (Fsp3) is 0.500. The second-order valence-electron chi connectivity index (χ2n) is 4.33. The van der Waals surface area contributed by atoms with Crippen LogP contribution in [0.25, 0.3) is 0 Å². The molecule has 5 heteroatoms. The highest BCUT2D eigenvalue weighted by molar-refractivity contribution is 7.97. The van der Waals surface area contributed by atoms with E-state index in [9.17, 15) is 8.42 Å². The zero-order valence-corrected chi connectivity index (χ0v) is 12.1. The minimum atomic E-state index is -3.36. The summed E-state index contributed by atoms with van der Waals surface area (Å²) >= 11 is 1.68. The van der Waals surface area contributed by atoms with Crippen molar-refractivity contribution in [1.29, 1.82) is 0 Å². The highest BCUT2D eigenvalue weighted by atomic mass is 32.2. The standard InChI is InChI=1S/C12H19NO2S2/c1-10(2)8-13-17(14,15)12-6-4-5-11(7-12)9-16-3/h4-7,10,13H,8-9H2,1-3H3. The van der Waals surface area contributed by atoms with Crippen LogP contribution >= 0.6 is 11.8 Å². The fourth-order valence-electron chi connectivity index (χ4n) is 1.33. The summed E-state index contributed by atoms with van der Waals surface area (Å²) in [6.07, 6.45) is 2.00. The van der Waals surface area contributed by atoms with Crippen LogP contribution in [0.2, 0.25) is 0 Å². The highest BCUT2D eigenvalue weighted by Gasteiger charge is 2.14. The summed E-state index contributed by atoms with van der Waals surface area (Å²) in [5.41, 5.74) is 1.03. The zero-order chi connectivity index (χ0) is 12.9. The zero-order valence-electron chi connectivity index (χ0n) is 10.4. The van der Waals surface area contributed by atoms with Gasteiger partial charge in [0.2, 0.25) is 10.0 Å². The first kappa shape index (κ1) is 14.5. The largest absolute Gasteiger partial charge is 0.240 e. The van der Waals surface area contributed by atoms with Crippen molar-refractivity contribution in [3.63, 3.8) is 0 Å². The molecule has 0 saturated carbocycles. The molecule has 17 heavy (non-hydrogen) atoms. The van der Waals surface area contributed by atoms with Crippen LogP contribution in [0.4, 0.5) is 0 Å². The van der Waals surface area contributed by atoms with E-state index in [2.05, 4.69) is 4.72 Å². The maximum absolute atomic E-state index is 12.0. The first-order valence-corrected chi connectivity index (χ1v) is 8.41. The van der Waals surface area contributed by atoms with Crippen LogP contribution in [0, 0.1) is 5.92 Å². The van der Waals surface area contributed by atoms with Crippen molar-refractivity contribution < 1.29 is 8.42 Å². The van der Waals surface area contributed by atoms with Gasteiger partial charge in [-0.2, -0.15) is 11.8 Å². The van der Waals surface area contributed by atoms with Gasteiger partial charge in [0.15, 0.2) is 0 Å². The summed E-state index contributed by atoms with van der Waals surface area (Å²) in [6, 6.07) is 7.10. The Bertz CT molecular complexity index is 455. The van der Waals surface area contributed by atoms with Crippen LogP contribution in [0.3, 0.4) is 0 Å². The van der Waals surface area contributed by atoms with E-state index in [1.807, 2.05) is 26.2 Å². The molecule has 0 amide bonds. The molecule has 0 spiro atoms. The summed E-state index contributed by atoms with van der Waals surface area (Å²) in [5.74, 6) is 1.13. The Morgan fingerprint density at radius 3 is 2.65 bits per heavy atom. The van der Waals surface area contributed by atoms with Crippen LogP contribution in [0.1, 0.15) is 19.4 Å². The van der Waals surface area contributed by atoms with Crippen LogP contribution in [-0.4, -0.2) is 21.2 Å². The Morgan fingerprint density at radius 1 is 1.35 bits per heavy atom. The molecule has 1 aromatic carbocycles. The maximum atomic E-state index is 12.0. The van der Waals surface area contributed by atoms with Crippen molar-refractivity contribution in [2.45, 2.75) is 24.5 Å². The first-order chi connectivity index (χ1) is 7.95. The smallest absolute Gasteiger partial charge is 0.211 e. The molecule has 1 N–H and O–H groups in total. The minimum Gasteiger partial charge on any atom is -0.211 e. The summed E-state index contributed by atoms with van der Waals surface area (Å²) < 4.78 is 26.6. The van der Waals surface area contributed by atoms with Gasteiger partial charge in [-0.1, -0.05) is 26.0 Å². The fourth-order valence-corrected chi connectivity index (χ4v) is 3.13. The average molecular weight is 273 g/mol. The molecule has 0 aliphatic heterocycles. The molecule has 0 aliphatic rings. The van der Waals surface area contributed by atoms with E-state index in [4.69, 9.17) is 0 Å². The topological polar surface area (TPSA) is 46.2 Å². The molecule has 1 aromatic rings. The highest BCUT2D eigenvalue weighted by Crippen LogP contribution is 2.15. The Morgan fingerprint density at radius 2 is 2.06 bits per heavy atom. The summed E-state index contributed by atoms with van der Waals surface area (Å²) in [5, 5.41) is 0. The monoisotopic (exact) mass is 273 g/mol. The quantitative estimate of drug-likeness (QED) is 0.866. The lowest BCUT2D eigenvalue weighted by atomic mass is 10.2. The molecule has 0 aromatic heterocycles. The lowest BCUT2D eigenvalue weighted by Crippen LogP contribution is -2.27. The third kappa shape index (κ3) is 4.69. The molecular formula is C12H19NO2S2. The third-order valence-electron chi connectivity index (χ3n) is 2.20. The number of rotatable bonds is 6. The number of benzene rings is 1. The van der Waals surface area contributed by atoms with E-state index >= 15 is 0 Å². The minimum absolute atomic E-state index is 0.305. The van der Waals surface area contributed by atoms with Crippen LogP contribution in [-0.2, 0) is 15.8 Å². The van der Waals surface area contributed by atoms with Gasteiger partial charge in [-0.25, -0.2) is 13.1 Å². The summed E-state index contributed by atoms with van der Waals surface area (Å²) in [6.45, 7) is 4.43. The molecule has 1 rings (SSSR count). The van der Waals surface area contributed by atoms with Crippen molar-refractivity contribution in [1.82, 2.24) is 4.72 Å². The van der Waals surface area contributed by atoms with Crippen LogP contribution < -0.4 is 4.72 Å². The molecule has 0 fully saturated rings. The van der Waals surface area contributed by atoms with Crippen molar-refractivity contribution in [3.8, 4) is 0 Å². The predicted octanol–water partition coefficient (Wildman–Crippen LogP) is 2.48. The van der Waals surface area contributed by atoms with Crippen LogP contribution in [0.5, 0.6) is 0 Å². The normalized spacial score (nSPS) is 12.0. The molecule has 0 atom stereocenters. The molecule has 0 aliphatic carbocycles. The van der Waals surface area contributed by atoms with E-state index in [-0.39, 0.29) is 0 Å². The first-order valence-electron chi connectivity index (χ1n) is 5.53. The average Bonchev–Trinajstić information content (AvgIpc) is 2.27. The lowest BCUT2D eigenvalue weighted by Gasteiger charge is -2.09. The van der Waals surface area contributed by atoms with E-state index in [1.165, 1.54) is 0 Å². The van der Waals surface area contributed by atoms with Gasteiger partial charge in [0.25, 0.3) is 0 Å². The third-order valence-corrected chi connectivity index (χ3v) is 4.24. The van der Waals surface area contributed by atoms with Gasteiger partial charge >= 0.3 is 0 Å². The predicted molar refractivity (Wildman–Crippen MR) is 73.7 cm³/mol. The van der Waals surface area contributed by atoms with Gasteiger partial charge in [0.05, 0.1) is 4.90 Å². The number of sulfonamides is 1. The molecular weight excluding hydrogens is 254 g/mol. The van der Waals surface area contributed by atoms with Gasteiger partial charge < -0.3 is 0 Å². The number of hydrogen-bond donors (Lipinski definition) is 1. The number of nitrogens with one attached hydrogen (secondary N) is 1. The van der Waals surface area contributed by atoms with Gasteiger partial charge in [-0.05, 0) is 29.9 Å². The van der Waals surface area contributed by atoms with Gasteiger partial charge in [-0.15, -0.1) is 0 Å². The van der Waals surface area contributed by atoms with E-state index in [0.29, 0.717) is 17.4 Å². The van der Waals surface area contributed by atoms with E-state index in [1.54, 1.807) is 30.0 Å². The number of thioether (sulfide) groups is 1. The summed E-state index contributed by atoms with van der Waals surface area (Å²) in [7, 11) is -3.36. The van der Waals surface area contributed by atoms with Gasteiger partial charge in [0.1, 0.15) is 0 Å². The van der Waals surface area contributed by atoms with E-state index in [0.717, 1.165) is 11.3 Å².